The number of aromatic nitrogens is 4. The molecule has 3 rings (SSSR count). The standard InChI is InChI=1S/C13H11N5/c14-12-3-1-10(2-4-12)11-7-17-18(8-11)13-5-6-15-9-16-13/h1-9H,14H2. The van der Waals surface area contributed by atoms with Crippen molar-refractivity contribution in [1.29, 1.82) is 0 Å². The highest BCUT2D eigenvalue weighted by Gasteiger charge is 2.03. The summed E-state index contributed by atoms with van der Waals surface area (Å²) in [5, 5.41) is 4.28. The zero-order valence-corrected chi connectivity index (χ0v) is 9.56. The van der Waals surface area contributed by atoms with Crippen molar-refractivity contribution in [2.45, 2.75) is 0 Å². The fourth-order valence-electron chi connectivity index (χ4n) is 1.69. The van der Waals surface area contributed by atoms with Crippen molar-refractivity contribution in [3.63, 3.8) is 0 Å². The average Bonchev–Trinajstić information content (AvgIpc) is 2.90. The van der Waals surface area contributed by atoms with Crippen LogP contribution < -0.4 is 5.73 Å². The number of nitrogen functional groups attached to an aromatic ring is 1. The third-order valence-corrected chi connectivity index (χ3v) is 2.63. The molecule has 1 aromatic carbocycles. The maximum absolute atomic E-state index is 5.66. The Balaban J connectivity index is 1.97. The highest BCUT2D eigenvalue weighted by atomic mass is 15.3. The highest BCUT2D eigenvalue weighted by molar-refractivity contribution is 5.64. The molecular formula is C13H11N5. The van der Waals surface area contributed by atoms with Gasteiger partial charge in [0, 0.05) is 29.7 Å². The average molecular weight is 237 g/mol. The first kappa shape index (κ1) is 10.5. The molecule has 0 radical (unpaired) electrons. The van der Waals surface area contributed by atoms with E-state index in [1.807, 2.05) is 30.5 Å². The molecule has 0 saturated heterocycles. The topological polar surface area (TPSA) is 69.6 Å². The van der Waals surface area contributed by atoms with E-state index < -0.39 is 0 Å². The molecule has 0 aliphatic rings. The lowest BCUT2D eigenvalue weighted by Gasteiger charge is -1.98. The monoisotopic (exact) mass is 237 g/mol. The third-order valence-electron chi connectivity index (χ3n) is 2.63. The molecule has 0 bridgehead atoms. The van der Waals surface area contributed by atoms with E-state index in [-0.39, 0.29) is 0 Å². The fourth-order valence-corrected chi connectivity index (χ4v) is 1.69. The summed E-state index contributed by atoms with van der Waals surface area (Å²) in [6.07, 6.45) is 6.91. The summed E-state index contributed by atoms with van der Waals surface area (Å²) in [6.45, 7) is 0. The second-order valence-corrected chi connectivity index (χ2v) is 3.86. The van der Waals surface area contributed by atoms with Gasteiger partial charge in [0.1, 0.15) is 6.33 Å². The van der Waals surface area contributed by atoms with Gasteiger partial charge >= 0.3 is 0 Å². The van der Waals surface area contributed by atoms with Crippen LogP contribution in [-0.4, -0.2) is 19.7 Å². The molecule has 5 heteroatoms. The van der Waals surface area contributed by atoms with Gasteiger partial charge in [-0.05, 0) is 17.7 Å². The van der Waals surface area contributed by atoms with Gasteiger partial charge in [-0.2, -0.15) is 5.10 Å². The number of benzene rings is 1. The molecule has 18 heavy (non-hydrogen) atoms. The van der Waals surface area contributed by atoms with E-state index in [2.05, 4.69) is 15.1 Å². The number of nitrogens with zero attached hydrogens (tertiary/aromatic N) is 4. The van der Waals surface area contributed by atoms with Crippen LogP contribution in [0.1, 0.15) is 0 Å². The van der Waals surface area contributed by atoms with Crippen molar-refractivity contribution in [1.82, 2.24) is 19.7 Å². The van der Waals surface area contributed by atoms with Crippen molar-refractivity contribution in [3.8, 4) is 16.9 Å². The summed E-state index contributed by atoms with van der Waals surface area (Å²) < 4.78 is 1.72. The molecule has 0 aliphatic heterocycles. The summed E-state index contributed by atoms with van der Waals surface area (Å²) in [4.78, 5) is 8.02. The zero-order valence-electron chi connectivity index (χ0n) is 9.56. The lowest BCUT2D eigenvalue weighted by molar-refractivity contribution is 0.839. The van der Waals surface area contributed by atoms with Gasteiger partial charge in [-0.3, -0.25) is 0 Å². The van der Waals surface area contributed by atoms with E-state index in [9.17, 15) is 0 Å². The Morgan fingerprint density at radius 3 is 2.56 bits per heavy atom. The van der Waals surface area contributed by atoms with Gasteiger partial charge in [0.25, 0.3) is 0 Å². The maximum atomic E-state index is 5.66. The Kier molecular flexibility index (Phi) is 2.49. The van der Waals surface area contributed by atoms with Crippen molar-refractivity contribution in [2.24, 2.45) is 0 Å². The quantitative estimate of drug-likeness (QED) is 0.691. The molecule has 2 aromatic heterocycles. The SMILES string of the molecule is Nc1ccc(-c2cnn(-c3ccncn3)c2)cc1. The summed E-state index contributed by atoms with van der Waals surface area (Å²) in [6, 6.07) is 9.49. The number of anilines is 1. The Hall–Kier alpha value is -2.69. The number of hydrogen-bond donors (Lipinski definition) is 1. The van der Waals surface area contributed by atoms with Gasteiger partial charge in [-0.15, -0.1) is 0 Å². The molecule has 2 N–H and O–H groups in total. The first-order chi connectivity index (χ1) is 8.83. The Bertz CT molecular complexity index is 643. The van der Waals surface area contributed by atoms with Crippen LogP contribution in [0.15, 0.2) is 55.2 Å². The van der Waals surface area contributed by atoms with Crippen LogP contribution in [0, 0.1) is 0 Å². The van der Waals surface area contributed by atoms with Crippen LogP contribution in [0.5, 0.6) is 0 Å². The van der Waals surface area contributed by atoms with Crippen molar-refractivity contribution < 1.29 is 0 Å². The van der Waals surface area contributed by atoms with Gasteiger partial charge in [-0.1, -0.05) is 12.1 Å². The van der Waals surface area contributed by atoms with Gasteiger partial charge in [0.05, 0.1) is 6.20 Å². The van der Waals surface area contributed by atoms with Crippen LogP contribution in [0.2, 0.25) is 0 Å². The smallest absolute Gasteiger partial charge is 0.156 e. The van der Waals surface area contributed by atoms with Gasteiger partial charge in [0.2, 0.25) is 0 Å². The van der Waals surface area contributed by atoms with Crippen LogP contribution in [0.4, 0.5) is 5.69 Å². The minimum Gasteiger partial charge on any atom is -0.399 e. The van der Waals surface area contributed by atoms with Gasteiger partial charge in [0.15, 0.2) is 5.82 Å². The Labute approximate surface area is 104 Å². The van der Waals surface area contributed by atoms with E-state index in [1.54, 1.807) is 23.1 Å². The Morgan fingerprint density at radius 1 is 1.00 bits per heavy atom. The van der Waals surface area contributed by atoms with Crippen molar-refractivity contribution in [3.05, 3.63) is 55.2 Å². The van der Waals surface area contributed by atoms with Crippen molar-refractivity contribution in [2.75, 3.05) is 5.73 Å². The summed E-state index contributed by atoms with van der Waals surface area (Å²) in [5.41, 5.74) is 8.51. The molecule has 0 aliphatic carbocycles. The summed E-state index contributed by atoms with van der Waals surface area (Å²) in [5.74, 6) is 0.742. The molecule has 88 valence electrons. The molecule has 0 spiro atoms. The first-order valence-corrected chi connectivity index (χ1v) is 5.50. The summed E-state index contributed by atoms with van der Waals surface area (Å²) >= 11 is 0. The largest absolute Gasteiger partial charge is 0.399 e. The van der Waals surface area contributed by atoms with Crippen LogP contribution in [0.3, 0.4) is 0 Å². The molecule has 3 aromatic rings. The minimum absolute atomic E-state index is 0.742. The molecular weight excluding hydrogens is 226 g/mol. The van der Waals surface area contributed by atoms with Gasteiger partial charge in [-0.25, -0.2) is 14.6 Å². The van der Waals surface area contributed by atoms with Crippen LogP contribution in [-0.2, 0) is 0 Å². The minimum atomic E-state index is 0.742. The molecule has 0 fully saturated rings. The highest BCUT2D eigenvalue weighted by Crippen LogP contribution is 2.20. The molecule has 2 heterocycles. The van der Waals surface area contributed by atoms with Crippen molar-refractivity contribution >= 4 is 5.69 Å². The lowest BCUT2D eigenvalue weighted by Crippen LogP contribution is -1.96. The first-order valence-electron chi connectivity index (χ1n) is 5.50. The zero-order chi connectivity index (χ0) is 12.4. The second-order valence-electron chi connectivity index (χ2n) is 3.86. The van der Waals surface area contributed by atoms with Gasteiger partial charge < -0.3 is 5.73 Å². The van der Waals surface area contributed by atoms with Crippen LogP contribution in [0.25, 0.3) is 16.9 Å². The van der Waals surface area contributed by atoms with E-state index in [1.165, 1.54) is 6.33 Å². The van der Waals surface area contributed by atoms with E-state index in [0.717, 1.165) is 22.6 Å². The molecule has 0 amide bonds. The molecule has 0 atom stereocenters. The predicted molar refractivity (Wildman–Crippen MR) is 69.0 cm³/mol. The normalized spacial score (nSPS) is 10.4. The Morgan fingerprint density at radius 2 is 1.83 bits per heavy atom. The van der Waals surface area contributed by atoms with Crippen LogP contribution >= 0.6 is 0 Å². The third kappa shape index (κ3) is 1.93. The number of nitrogens with two attached hydrogens (primary N) is 1. The number of hydrogen-bond acceptors (Lipinski definition) is 4. The lowest BCUT2D eigenvalue weighted by atomic mass is 10.1. The second kappa shape index (κ2) is 4.29. The molecule has 0 unspecified atom stereocenters. The number of rotatable bonds is 2. The summed E-state index contributed by atoms with van der Waals surface area (Å²) in [7, 11) is 0. The fraction of sp³-hybridized carbons (Fsp3) is 0. The van der Waals surface area contributed by atoms with E-state index in [0.29, 0.717) is 0 Å². The maximum Gasteiger partial charge on any atom is 0.156 e. The molecule has 0 saturated carbocycles. The van der Waals surface area contributed by atoms with E-state index in [4.69, 9.17) is 5.73 Å². The molecule has 5 nitrogen and oxygen atoms in total. The predicted octanol–water partition coefficient (Wildman–Crippen LogP) is 1.91. The van der Waals surface area contributed by atoms with E-state index >= 15 is 0 Å².